The minimum atomic E-state index is -1.60. The van der Waals surface area contributed by atoms with Crippen LogP contribution in [0.4, 0.5) is 0 Å². The number of amides is 6. The van der Waals surface area contributed by atoms with E-state index in [9.17, 15) is 38.7 Å². The summed E-state index contributed by atoms with van der Waals surface area (Å²) in [6, 6.07) is 2.52. The maximum Gasteiger partial charge on any atom is 0.305 e. The molecule has 2 aromatic rings. The van der Waals surface area contributed by atoms with Gasteiger partial charge in [-0.1, -0.05) is 30.3 Å². The van der Waals surface area contributed by atoms with Gasteiger partial charge in [-0.15, -0.1) is 0 Å². The molecular formula is C33H48N12O8. The number of aliphatic imine (C=N–C) groups is 1. The van der Waals surface area contributed by atoms with Gasteiger partial charge in [-0.3, -0.25) is 38.6 Å². The van der Waals surface area contributed by atoms with E-state index in [0.717, 1.165) is 0 Å². The van der Waals surface area contributed by atoms with Gasteiger partial charge in [0.1, 0.15) is 24.2 Å². The number of carboxylic acids is 1. The van der Waals surface area contributed by atoms with Gasteiger partial charge in [-0.2, -0.15) is 0 Å². The molecule has 20 nitrogen and oxygen atoms in total. The minimum absolute atomic E-state index is 0.0415. The average Bonchev–Trinajstić information content (AvgIpc) is 3.63. The molecule has 1 aliphatic heterocycles. The third-order valence-electron chi connectivity index (χ3n) is 8.13. The second kappa shape index (κ2) is 21.3. The number of hydrogen-bond donors (Lipinski definition) is 11. The highest BCUT2D eigenvalue weighted by molar-refractivity contribution is 5.98. The van der Waals surface area contributed by atoms with E-state index in [4.69, 9.17) is 17.2 Å². The highest BCUT2D eigenvalue weighted by Gasteiger charge is 2.33. The molecule has 0 radical (unpaired) electrons. The number of guanidine groups is 1. The molecule has 1 aliphatic rings. The molecule has 0 spiro atoms. The van der Waals surface area contributed by atoms with Crippen LogP contribution < -0.4 is 49.1 Å². The van der Waals surface area contributed by atoms with E-state index in [2.05, 4.69) is 46.9 Å². The smallest absolute Gasteiger partial charge is 0.305 e. The third-order valence-corrected chi connectivity index (χ3v) is 8.13. The van der Waals surface area contributed by atoms with Crippen molar-refractivity contribution in [3.8, 4) is 0 Å². The monoisotopic (exact) mass is 740 g/mol. The van der Waals surface area contributed by atoms with Gasteiger partial charge in [0.2, 0.25) is 35.4 Å². The van der Waals surface area contributed by atoms with E-state index >= 15 is 0 Å². The number of benzene rings is 1. The Hall–Kier alpha value is -6.05. The molecule has 5 atom stereocenters. The molecule has 0 saturated carbocycles. The fourth-order valence-corrected chi connectivity index (χ4v) is 5.38. The van der Waals surface area contributed by atoms with Crippen LogP contribution in [0.1, 0.15) is 49.8 Å². The molecule has 0 bridgehead atoms. The lowest BCUT2D eigenvalue weighted by atomic mass is 10.0. The Kier molecular flexibility index (Phi) is 16.7. The van der Waals surface area contributed by atoms with E-state index in [1.165, 1.54) is 6.33 Å². The number of aromatic amines is 1. The molecule has 6 amide bonds. The molecule has 1 aromatic heterocycles. The fourth-order valence-electron chi connectivity index (χ4n) is 5.38. The van der Waals surface area contributed by atoms with Crippen LogP contribution in [0.15, 0.2) is 47.8 Å². The molecule has 1 saturated heterocycles. The quantitative estimate of drug-likeness (QED) is 0.0452. The molecular weight excluding hydrogens is 692 g/mol. The van der Waals surface area contributed by atoms with Gasteiger partial charge in [-0.05, 0) is 37.7 Å². The molecule has 1 fully saturated rings. The molecule has 288 valence electrons. The molecule has 1 unspecified atom stereocenters. The Bertz CT molecular complexity index is 1580. The van der Waals surface area contributed by atoms with Crippen molar-refractivity contribution in [3.05, 3.63) is 54.1 Å². The molecule has 14 N–H and O–H groups in total. The number of rotatable bonds is 16. The van der Waals surface area contributed by atoms with E-state index in [1.54, 1.807) is 36.5 Å². The highest BCUT2D eigenvalue weighted by Crippen LogP contribution is 2.09. The third kappa shape index (κ3) is 15.0. The van der Waals surface area contributed by atoms with Crippen LogP contribution in [0.2, 0.25) is 0 Å². The van der Waals surface area contributed by atoms with Crippen molar-refractivity contribution in [2.75, 3.05) is 19.6 Å². The summed E-state index contributed by atoms with van der Waals surface area (Å²) >= 11 is 0. The average molecular weight is 741 g/mol. The molecule has 53 heavy (non-hydrogen) atoms. The van der Waals surface area contributed by atoms with E-state index < -0.39 is 78.7 Å². The van der Waals surface area contributed by atoms with Gasteiger partial charge in [0.05, 0.1) is 25.3 Å². The normalized spacial score (nSPS) is 20.6. The predicted octanol–water partition coefficient (Wildman–Crippen LogP) is -3.59. The van der Waals surface area contributed by atoms with E-state index in [-0.39, 0.29) is 57.1 Å². The fraction of sp³-hybridized carbons (Fsp3) is 0.485. The molecule has 1 aromatic carbocycles. The topological polar surface area (TPSA) is 331 Å². The SMILES string of the molecule is NC(N)=NCCC[C@@H]1NC(=O)[C@H](CCCCNC(=O)C(N)Cc2cnc[nH]2)NC(=O)[C@H](Cc2ccccc2)NC(=O)[C@H](CC(=O)O)NC(=O)CNC1=O. The van der Waals surface area contributed by atoms with Crippen LogP contribution >= 0.6 is 0 Å². The lowest BCUT2D eigenvalue weighted by Gasteiger charge is -2.26. The van der Waals surface area contributed by atoms with E-state index in [1.807, 2.05) is 0 Å². The van der Waals surface area contributed by atoms with Crippen molar-refractivity contribution < 1.29 is 38.7 Å². The summed E-state index contributed by atoms with van der Waals surface area (Å²) in [5.41, 5.74) is 18.1. The summed E-state index contributed by atoms with van der Waals surface area (Å²) in [4.78, 5) is 102. The Morgan fingerprint density at radius 3 is 2.17 bits per heavy atom. The Morgan fingerprint density at radius 2 is 1.51 bits per heavy atom. The number of nitrogens with zero attached hydrogens (tertiary/aromatic N) is 2. The highest BCUT2D eigenvalue weighted by atomic mass is 16.4. The minimum Gasteiger partial charge on any atom is -0.481 e. The van der Waals surface area contributed by atoms with Gasteiger partial charge >= 0.3 is 5.97 Å². The number of nitrogens with two attached hydrogens (primary N) is 3. The summed E-state index contributed by atoms with van der Waals surface area (Å²) in [6.07, 6.45) is 3.51. The molecule has 2 heterocycles. The molecule has 3 rings (SSSR count). The summed E-state index contributed by atoms with van der Waals surface area (Å²) in [5.74, 6) is -6.04. The first-order valence-electron chi connectivity index (χ1n) is 17.1. The van der Waals surface area contributed by atoms with Crippen LogP contribution in [0.5, 0.6) is 0 Å². The Balaban J connectivity index is 1.83. The second-order valence-electron chi connectivity index (χ2n) is 12.4. The van der Waals surface area contributed by atoms with Gasteiger partial charge in [0.25, 0.3) is 0 Å². The summed E-state index contributed by atoms with van der Waals surface area (Å²) in [5, 5.41) is 24.7. The number of aromatic nitrogens is 2. The van der Waals surface area contributed by atoms with Crippen molar-refractivity contribution in [1.29, 1.82) is 0 Å². The largest absolute Gasteiger partial charge is 0.481 e. The summed E-state index contributed by atoms with van der Waals surface area (Å²) in [6.45, 7) is -0.300. The number of H-pyrrole nitrogens is 1. The van der Waals surface area contributed by atoms with Crippen LogP contribution in [0.25, 0.3) is 0 Å². The van der Waals surface area contributed by atoms with Crippen molar-refractivity contribution >= 4 is 47.4 Å². The van der Waals surface area contributed by atoms with E-state index in [0.29, 0.717) is 24.1 Å². The van der Waals surface area contributed by atoms with Crippen molar-refractivity contribution in [3.63, 3.8) is 0 Å². The number of carbonyl (C=O) groups is 7. The zero-order chi connectivity index (χ0) is 38.8. The van der Waals surface area contributed by atoms with Crippen molar-refractivity contribution in [1.82, 2.24) is 41.9 Å². The molecule has 0 aliphatic carbocycles. The first kappa shape index (κ1) is 41.4. The maximum absolute atomic E-state index is 13.9. The Morgan fingerprint density at radius 1 is 0.868 bits per heavy atom. The van der Waals surface area contributed by atoms with Gasteiger partial charge < -0.3 is 59.2 Å². The zero-order valence-corrected chi connectivity index (χ0v) is 29.1. The lowest BCUT2D eigenvalue weighted by Crippen LogP contribution is -2.58. The number of nitrogens with one attached hydrogen (secondary N) is 7. The molecule has 20 heteroatoms. The van der Waals surface area contributed by atoms with Crippen molar-refractivity contribution in [2.45, 2.75) is 81.6 Å². The van der Waals surface area contributed by atoms with Gasteiger partial charge in [0.15, 0.2) is 5.96 Å². The standard InChI is InChI=1S/C33H48N12O8/c34-21(14-20-16-37-18-41-20)28(49)38-11-5-4-9-23-30(51)43-22(10-6-12-39-33(35)36)29(50)40-17-26(46)42-25(15-27(47)48)32(53)45-24(31(52)44-23)13-19-7-2-1-3-8-19/h1-3,7-8,16,18,21-25H,4-6,9-15,17,34H2,(H,37,41)(H,38,49)(H,40,50)(H,42,46)(H,43,51)(H,44,52)(H,45,53)(H,47,48)(H4,35,36,39)/t21?,22-,23-,24-,25-/m0/s1. The Labute approximate surface area is 305 Å². The van der Waals surface area contributed by atoms with Gasteiger partial charge in [0, 0.05) is 37.8 Å². The van der Waals surface area contributed by atoms with Crippen LogP contribution in [-0.2, 0) is 46.4 Å². The lowest BCUT2D eigenvalue weighted by molar-refractivity contribution is -0.141. The summed E-state index contributed by atoms with van der Waals surface area (Å²) in [7, 11) is 0. The number of hydrogen-bond acceptors (Lipinski definition) is 10. The number of carboxylic acid groups (broad SMARTS) is 1. The zero-order valence-electron chi connectivity index (χ0n) is 29.1. The van der Waals surface area contributed by atoms with Crippen LogP contribution in [0, 0.1) is 0 Å². The number of unbranched alkanes of at least 4 members (excludes halogenated alkanes) is 1. The van der Waals surface area contributed by atoms with Crippen molar-refractivity contribution in [2.24, 2.45) is 22.2 Å². The predicted molar refractivity (Wildman–Crippen MR) is 190 cm³/mol. The van der Waals surface area contributed by atoms with Crippen LogP contribution in [-0.4, -0.2) is 112 Å². The number of aliphatic carboxylic acids is 1. The van der Waals surface area contributed by atoms with Gasteiger partial charge in [-0.25, -0.2) is 4.98 Å². The first-order chi connectivity index (χ1) is 25.3. The first-order valence-corrected chi connectivity index (χ1v) is 17.1. The number of imidazole rings is 1. The second-order valence-corrected chi connectivity index (χ2v) is 12.4. The number of carbonyl (C=O) groups excluding carboxylic acids is 6. The van der Waals surface area contributed by atoms with Crippen LogP contribution in [0.3, 0.4) is 0 Å². The maximum atomic E-state index is 13.9. The summed E-state index contributed by atoms with van der Waals surface area (Å²) < 4.78 is 0.